The third kappa shape index (κ3) is 3.31. The maximum absolute atomic E-state index is 13.1. The van der Waals surface area contributed by atoms with Crippen molar-refractivity contribution in [3.8, 4) is 11.3 Å². The van der Waals surface area contributed by atoms with Crippen molar-refractivity contribution in [2.75, 3.05) is 5.32 Å². The molecule has 1 amide bonds. The van der Waals surface area contributed by atoms with Crippen LogP contribution in [0.3, 0.4) is 0 Å². The number of benzene rings is 2. The van der Waals surface area contributed by atoms with Gasteiger partial charge in [-0.2, -0.15) is 4.98 Å². The summed E-state index contributed by atoms with van der Waals surface area (Å²) in [6.07, 6.45) is 0.0952. The van der Waals surface area contributed by atoms with Crippen LogP contribution in [0.25, 0.3) is 16.2 Å². The van der Waals surface area contributed by atoms with Gasteiger partial charge in [-0.25, -0.2) is 13.3 Å². The minimum Gasteiger partial charge on any atom is -0.293 e. The molecule has 0 spiro atoms. The number of nitrogens with zero attached hydrogens (tertiary/aromatic N) is 3. The molecule has 0 saturated heterocycles. The van der Waals surface area contributed by atoms with E-state index in [-0.39, 0.29) is 29.9 Å². The molecule has 0 radical (unpaired) electrons. The summed E-state index contributed by atoms with van der Waals surface area (Å²) in [4.78, 5) is 17.0. The van der Waals surface area contributed by atoms with Gasteiger partial charge < -0.3 is 0 Å². The highest BCUT2D eigenvalue weighted by molar-refractivity contribution is 7.15. The third-order valence-corrected chi connectivity index (χ3v) is 4.57. The van der Waals surface area contributed by atoms with E-state index in [1.807, 2.05) is 5.38 Å². The number of carbonyl (C=O) groups is 1. The second-order valence-electron chi connectivity index (χ2n) is 5.61. The van der Waals surface area contributed by atoms with Gasteiger partial charge in [0.15, 0.2) is 0 Å². The molecule has 0 fully saturated rings. The van der Waals surface area contributed by atoms with Gasteiger partial charge in [0.2, 0.25) is 16.8 Å². The van der Waals surface area contributed by atoms with Crippen molar-refractivity contribution >= 4 is 28.2 Å². The van der Waals surface area contributed by atoms with Crippen LogP contribution < -0.4 is 5.32 Å². The average molecular weight is 370 g/mol. The Balaban J connectivity index is 1.53. The zero-order valence-corrected chi connectivity index (χ0v) is 14.1. The molecule has 2 heterocycles. The van der Waals surface area contributed by atoms with Crippen molar-refractivity contribution in [1.82, 2.24) is 14.6 Å². The monoisotopic (exact) mass is 370 g/mol. The van der Waals surface area contributed by atoms with E-state index in [0.717, 1.165) is 11.3 Å². The summed E-state index contributed by atoms with van der Waals surface area (Å²) in [7, 11) is 0. The average Bonchev–Trinajstić information content (AvgIpc) is 3.18. The number of thiazole rings is 1. The highest BCUT2D eigenvalue weighted by Crippen LogP contribution is 2.26. The van der Waals surface area contributed by atoms with Gasteiger partial charge in [-0.3, -0.25) is 10.1 Å². The molecule has 0 bridgehead atoms. The van der Waals surface area contributed by atoms with E-state index in [1.165, 1.54) is 35.6 Å². The van der Waals surface area contributed by atoms with Crippen LogP contribution in [0.15, 0.2) is 53.9 Å². The van der Waals surface area contributed by atoms with Gasteiger partial charge >= 0.3 is 0 Å². The Morgan fingerprint density at radius 3 is 2.38 bits per heavy atom. The summed E-state index contributed by atoms with van der Waals surface area (Å²) in [5.74, 6) is -0.767. The molecule has 0 aliphatic carbocycles. The minimum absolute atomic E-state index is 0.0952. The first-order chi connectivity index (χ1) is 12.6. The summed E-state index contributed by atoms with van der Waals surface area (Å²) >= 11 is 1.37. The van der Waals surface area contributed by atoms with Gasteiger partial charge in [0.1, 0.15) is 11.6 Å². The molecule has 1 N–H and O–H groups in total. The number of aromatic nitrogens is 3. The van der Waals surface area contributed by atoms with E-state index >= 15 is 0 Å². The first-order valence-corrected chi connectivity index (χ1v) is 8.61. The zero-order valence-electron chi connectivity index (χ0n) is 13.3. The van der Waals surface area contributed by atoms with Gasteiger partial charge in [-0.1, -0.05) is 12.1 Å². The Bertz CT molecular complexity index is 1070. The minimum atomic E-state index is -0.349. The summed E-state index contributed by atoms with van der Waals surface area (Å²) in [6.45, 7) is 0. The molecule has 0 aliphatic heterocycles. The van der Waals surface area contributed by atoms with E-state index in [1.54, 1.807) is 28.8 Å². The van der Waals surface area contributed by atoms with Crippen LogP contribution in [0.1, 0.15) is 5.56 Å². The molecule has 0 saturated carbocycles. The van der Waals surface area contributed by atoms with Gasteiger partial charge in [0.05, 0.1) is 12.1 Å². The number of rotatable bonds is 4. The molecular weight excluding hydrogens is 358 g/mol. The lowest BCUT2D eigenvalue weighted by Gasteiger charge is -2.01. The fourth-order valence-electron chi connectivity index (χ4n) is 2.51. The van der Waals surface area contributed by atoms with Crippen molar-refractivity contribution in [1.29, 1.82) is 0 Å². The normalized spacial score (nSPS) is 11.0. The van der Waals surface area contributed by atoms with Crippen molar-refractivity contribution in [3.63, 3.8) is 0 Å². The van der Waals surface area contributed by atoms with Crippen LogP contribution in [0, 0.1) is 11.6 Å². The molecule has 0 atom stereocenters. The Labute approximate surface area is 150 Å². The van der Waals surface area contributed by atoms with Crippen molar-refractivity contribution < 1.29 is 13.6 Å². The van der Waals surface area contributed by atoms with E-state index in [2.05, 4.69) is 15.4 Å². The number of anilines is 1. The van der Waals surface area contributed by atoms with Gasteiger partial charge in [-0.15, -0.1) is 16.4 Å². The standard InChI is InChI=1S/C18H12F2N4OS/c19-13-5-1-11(2-6-13)9-16(25)21-17-22-18-24(23-17)15(10-26-18)12-3-7-14(20)8-4-12/h1-8,10H,9H2,(H,21,23,25). The van der Waals surface area contributed by atoms with Gasteiger partial charge in [-0.05, 0) is 42.0 Å². The molecule has 26 heavy (non-hydrogen) atoms. The Kier molecular flexibility index (Phi) is 4.18. The summed E-state index contributed by atoms with van der Waals surface area (Å²) in [6, 6.07) is 11.8. The van der Waals surface area contributed by atoms with E-state index in [9.17, 15) is 13.6 Å². The maximum atomic E-state index is 13.1. The molecule has 2 aromatic carbocycles. The summed E-state index contributed by atoms with van der Waals surface area (Å²) in [5.41, 5.74) is 2.25. The number of fused-ring (bicyclic) bond motifs is 1. The number of hydrogen-bond acceptors (Lipinski definition) is 4. The SMILES string of the molecule is O=C(Cc1ccc(F)cc1)Nc1nc2scc(-c3ccc(F)cc3)n2n1. The largest absolute Gasteiger partial charge is 0.293 e. The molecule has 0 aliphatic rings. The Morgan fingerprint density at radius 1 is 1.04 bits per heavy atom. The van der Waals surface area contributed by atoms with Crippen LogP contribution in [0.4, 0.5) is 14.7 Å². The van der Waals surface area contributed by atoms with Crippen LogP contribution in [-0.2, 0) is 11.2 Å². The van der Waals surface area contributed by atoms with E-state index < -0.39 is 0 Å². The van der Waals surface area contributed by atoms with Crippen LogP contribution >= 0.6 is 11.3 Å². The van der Waals surface area contributed by atoms with Crippen LogP contribution in [0.5, 0.6) is 0 Å². The maximum Gasteiger partial charge on any atom is 0.250 e. The predicted molar refractivity (Wildman–Crippen MR) is 95.0 cm³/mol. The van der Waals surface area contributed by atoms with Crippen LogP contribution in [-0.4, -0.2) is 20.5 Å². The van der Waals surface area contributed by atoms with Crippen molar-refractivity contribution in [2.45, 2.75) is 6.42 Å². The molecule has 4 aromatic rings. The first kappa shape index (κ1) is 16.3. The number of amides is 1. The number of carbonyl (C=O) groups excluding carboxylic acids is 1. The quantitative estimate of drug-likeness (QED) is 0.592. The fourth-order valence-corrected chi connectivity index (χ4v) is 3.34. The first-order valence-electron chi connectivity index (χ1n) is 7.73. The highest BCUT2D eigenvalue weighted by atomic mass is 32.1. The lowest BCUT2D eigenvalue weighted by molar-refractivity contribution is -0.115. The van der Waals surface area contributed by atoms with Crippen LogP contribution in [0.2, 0.25) is 0 Å². The third-order valence-electron chi connectivity index (χ3n) is 3.75. The number of hydrogen-bond donors (Lipinski definition) is 1. The zero-order chi connectivity index (χ0) is 18.1. The molecule has 0 unspecified atom stereocenters. The van der Waals surface area contributed by atoms with E-state index in [0.29, 0.717) is 10.5 Å². The smallest absolute Gasteiger partial charge is 0.250 e. The highest BCUT2D eigenvalue weighted by Gasteiger charge is 2.13. The predicted octanol–water partition coefficient (Wildman–Crippen LogP) is 3.92. The molecule has 2 aromatic heterocycles. The molecule has 4 rings (SSSR count). The van der Waals surface area contributed by atoms with Crippen molar-refractivity contribution in [3.05, 3.63) is 71.1 Å². The van der Waals surface area contributed by atoms with Gasteiger partial charge in [0.25, 0.3) is 0 Å². The molecule has 5 nitrogen and oxygen atoms in total. The molecule has 8 heteroatoms. The molecule has 130 valence electrons. The van der Waals surface area contributed by atoms with E-state index in [4.69, 9.17) is 0 Å². The van der Waals surface area contributed by atoms with Gasteiger partial charge in [0, 0.05) is 10.9 Å². The fraction of sp³-hybridized carbons (Fsp3) is 0.0556. The topological polar surface area (TPSA) is 59.3 Å². The summed E-state index contributed by atoms with van der Waals surface area (Å²) < 4.78 is 27.6. The molecular formula is C18H12F2N4OS. The second-order valence-corrected chi connectivity index (χ2v) is 6.45. The second kappa shape index (κ2) is 6.64. The number of halogens is 2. The Morgan fingerprint density at radius 2 is 1.69 bits per heavy atom. The Hall–Kier alpha value is -3.13. The number of nitrogens with one attached hydrogen (secondary N) is 1. The lowest BCUT2D eigenvalue weighted by Crippen LogP contribution is -2.15. The summed E-state index contributed by atoms with van der Waals surface area (Å²) in [5, 5.41) is 8.80. The lowest BCUT2D eigenvalue weighted by atomic mass is 10.1. The van der Waals surface area contributed by atoms with Crippen molar-refractivity contribution in [2.24, 2.45) is 0 Å².